The number of benzene rings is 1. The van der Waals surface area contributed by atoms with Crippen molar-refractivity contribution >= 4 is 5.91 Å². The van der Waals surface area contributed by atoms with Gasteiger partial charge in [-0.05, 0) is 30.5 Å². The first-order valence-corrected chi connectivity index (χ1v) is 7.01. The molecule has 1 aromatic rings. The average molecular weight is 262 g/mol. The van der Waals surface area contributed by atoms with Crippen molar-refractivity contribution in [1.82, 2.24) is 5.32 Å². The lowest BCUT2D eigenvalue weighted by atomic mass is 10.0. The molecular weight excluding hydrogens is 240 g/mol. The van der Waals surface area contributed by atoms with Gasteiger partial charge in [-0.15, -0.1) is 0 Å². The third-order valence-corrected chi connectivity index (χ3v) is 3.75. The number of rotatable bonds is 4. The first kappa shape index (κ1) is 13.9. The van der Waals surface area contributed by atoms with Crippen molar-refractivity contribution in [2.24, 2.45) is 5.73 Å². The highest BCUT2D eigenvalue weighted by atomic mass is 16.3. The second kappa shape index (κ2) is 6.57. The Balaban J connectivity index is 2.09. The van der Waals surface area contributed by atoms with Crippen LogP contribution in [0.15, 0.2) is 24.3 Å². The van der Waals surface area contributed by atoms with Crippen molar-refractivity contribution in [3.63, 3.8) is 0 Å². The molecule has 0 aliphatic heterocycles. The third-order valence-electron chi connectivity index (χ3n) is 3.75. The van der Waals surface area contributed by atoms with Gasteiger partial charge in [0.25, 0.3) is 0 Å². The van der Waals surface area contributed by atoms with E-state index in [9.17, 15) is 9.90 Å². The van der Waals surface area contributed by atoms with Crippen LogP contribution in [0.3, 0.4) is 0 Å². The smallest absolute Gasteiger partial charge is 0.239 e. The van der Waals surface area contributed by atoms with E-state index in [4.69, 9.17) is 5.73 Å². The van der Waals surface area contributed by atoms with Crippen LogP contribution in [0.25, 0.3) is 0 Å². The molecule has 4 heteroatoms. The molecule has 1 amide bonds. The van der Waals surface area contributed by atoms with E-state index < -0.39 is 11.9 Å². The molecule has 2 rings (SSSR count). The zero-order chi connectivity index (χ0) is 13.7. The van der Waals surface area contributed by atoms with Crippen molar-refractivity contribution in [2.75, 3.05) is 0 Å². The lowest BCUT2D eigenvalue weighted by molar-refractivity contribution is -0.120. The van der Waals surface area contributed by atoms with Gasteiger partial charge in [0.05, 0.1) is 0 Å². The summed E-state index contributed by atoms with van der Waals surface area (Å²) in [6, 6.07) is 6.55. The minimum absolute atomic E-state index is 0.159. The van der Waals surface area contributed by atoms with Crippen molar-refractivity contribution < 1.29 is 9.90 Å². The van der Waals surface area contributed by atoms with Crippen molar-refractivity contribution in [1.29, 1.82) is 0 Å². The van der Waals surface area contributed by atoms with Crippen LogP contribution in [0.1, 0.15) is 50.1 Å². The Kier molecular flexibility index (Phi) is 4.80. The van der Waals surface area contributed by atoms with E-state index in [1.807, 2.05) is 6.07 Å². The lowest BCUT2D eigenvalue weighted by Gasteiger charge is -2.23. The summed E-state index contributed by atoms with van der Waals surface area (Å²) in [4.78, 5) is 11.6. The molecule has 4 nitrogen and oxygen atoms in total. The van der Waals surface area contributed by atoms with Gasteiger partial charge in [0.15, 0.2) is 0 Å². The molecule has 1 aliphatic carbocycles. The standard InChI is InChI=1S/C15H22N2O2/c16-15(19)14(11-6-5-9-13(18)10-11)17-12-7-3-1-2-4-8-12/h5-6,9-10,12,14,17-18H,1-4,7-8H2,(H2,16,19). The molecule has 1 fully saturated rings. The van der Waals surface area contributed by atoms with Gasteiger partial charge in [0.1, 0.15) is 11.8 Å². The third kappa shape index (κ3) is 3.96. The largest absolute Gasteiger partial charge is 0.508 e. The molecule has 0 heterocycles. The van der Waals surface area contributed by atoms with Crippen LogP contribution in [0.4, 0.5) is 0 Å². The highest BCUT2D eigenvalue weighted by molar-refractivity contribution is 5.81. The van der Waals surface area contributed by atoms with E-state index in [-0.39, 0.29) is 5.75 Å². The van der Waals surface area contributed by atoms with Gasteiger partial charge in [0, 0.05) is 6.04 Å². The fraction of sp³-hybridized carbons (Fsp3) is 0.533. The summed E-state index contributed by atoms with van der Waals surface area (Å²) in [6.45, 7) is 0. The maximum absolute atomic E-state index is 11.6. The Bertz CT molecular complexity index is 426. The maximum Gasteiger partial charge on any atom is 0.239 e. The molecule has 1 aromatic carbocycles. The van der Waals surface area contributed by atoms with E-state index in [1.54, 1.807) is 18.2 Å². The zero-order valence-electron chi connectivity index (χ0n) is 11.1. The van der Waals surface area contributed by atoms with Crippen LogP contribution >= 0.6 is 0 Å². The number of nitrogens with one attached hydrogen (secondary N) is 1. The van der Waals surface area contributed by atoms with E-state index in [2.05, 4.69) is 5.32 Å². The molecule has 1 saturated carbocycles. The number of hydrogen-bond acceptors (Lipinski definition) is 3. The number of aromatic hydroxyl groups is 1. The van der Waals surface area contributed by atoms with Crippen LogP contribution in [-0.4, -0.2) is 17.1 Å². The Labute approximate surface area is 114 Å². The molecule has 0 saturated heterocycles. The van der Waals surface area contributed by atoms with Crippen LogP contribution in [0.5, 0.6) is 5.75 Å². The topological polar surface area (TPSA) is 75.4 Å². The molecule has 0 spiro atoms. The molecule has 0 aromatic heterocycles. The Morgan fingerprint density at radius 2 is 1.95 bits per heavy atom. The van der Waals surface area contributed by atoms with Gasteiger partial charge in [-0.2, -0.15) is 0 Å². The predicted molar refractivity (Wildman–Crippen MR) is 74.7 cm³/mol. The summed E-state index contributed by atoms with van der Waals surface area (Å²) in [5.41, 5.74) is 6.23. The highest BCUT2D eigenvalue weighted by Gasteiger charge is 2.22. The quantitative estimate of drug-likeness (QED) is 0.728. The first-order valence-electron chi connectivity index (χ1n) is 7.01. The van der Waals surface area contributed by atoms with Crippen LogP contribution in [-0.2, 0) is 4.79 Å². The summed E-state index contributed by atoms with van der Waals surface area (Å²) >= 11 is 0. The normalized spacial score (nSPS) is 18.7. The molecule has 104 valence electrons. The molecule has 4 N–H and O–H groups in total. The number of carbonyl (C=O) groups excluding carboxylic acids is 1. The first-order chi connectivity index (χ1) is 9.16. The van der Waals surface area contributed by atoms with Crippen molar-refractivity contribution in [2.45, 2.75) is 50.6 Å². The van der Waals surface area contributed by atoms with E-state index in [0.29, 0.717) is 6.04 Å². The molecular formula is C15H22N2O2. The van der Waals surface area contributed by atoms with Gasteiger partial charge in [0.2, 0.25) is 5.91 Å². The molecule has 1 atom stereocenters. The minimum atomic E-state index is -0.518. The second-order valence-corrected chi connectivity index (χ2v) is 5.29. The fourth-order valence-electron chi connectivity index (χ4n) is 2.73. The number of carbonyl (C=O) groups is 1. The fourth-order valence-corrected chi connectivity index (χ4v) is 2.73. The lowest BCUT2D eigenvalue weighted by Crippen LogP contribution is -2.39. The Hall–Kier alpha value is -1.55. The van der Waals surface area contributed by atoms with E-state index in [1.165, 1.54) is 25.7 Å². The molecule has 1 unspecified atom stereocenters. The monoisotopic (exact) mass is 262 g/mol. The molecule has 0 radical (unpaired) electrons. The van der Waals surface area contributed by atoms with Crippen molar-refractivity contribution in [3.05, 3.63) is 29.8 Å². The second-order valence-electron chi connectivity index (χ2n) is 5.29. The van der Waals surface area contributed by atoms with Crippen molar-refractivity contribution in [3.8, 4) is 5.75 Å². The Morgan fingerprint density at radius 3 is 2.53 bits per heavy atom. The minimum Gasteiger partial charge on any atom is -0.508 e. The predicted octanol–water partition coefficient (Wildman–Crippen LogP) is 2.23. The highest BCUT2D eigenvalue weighted by Crippen LogP contribution is 2.23. The number of phenols is 1. The van der Waals surface area contributed by atoms with Crippen LogP contribution in [0, 0.1) is 0 Å². The summed E-state index contributed by atoms with van der Waals surface area (Å²) in [5, 5.41) is 12.9. The summed E-state index contributed by atoms with van der Waals surface area (Å²) < 4.78 is 0. The van der Waals surface area contributed by atoms with Gasteiger partial charge in [-0.1, -0.05) is 37.8 Å². The zero-order valence-corrected chi connectivity index (χ0v) is 11.1. The van der Waals surface area contributed by atoms with Crippen LogP contribution in [0.2, 0.25) is 0 Å². The summed E-state index contributed by atoms with van der Waals surface area (Å²) in [5.74, 6) is -0.235. The van der Waals surface area contributed by atoms with Gasteiger partial charge < -0.3 is 10.8 Å². The molecule has 0 bridgehead atoms. The number of amides is 1. The number of primary amides is 1. The van der Waals surface area contributed by atoms with E-state index >= 15 is 0 Å². The molecule has 19 heavy (non-hydrogen) atoms. The van der Waals surface area contributed by atoms with Gasteiger partial charge in [-0.3, -0.25) is 10.1 Å². The van der Waals surface area contributed by atoms with E-state index in [0.717, 1.165) is 18.4 Å². The Morgan fingerprint density at radius 1 is 1.26 bits per heavy atom. The van der Waals surface area contributed by atoms with Gasteiger partial charge in [-0.25, -0.2) is 0 Å². The number of phenolic OH excluding ortho intramolecular Hbond substituents is 1. The van der Waals surface area contributed by atoms with Gasteiger partial charge >= 0.3 is 0 Å². The SMILES string of the molecule is NC(=O)C(NC1CCCCCC1)c1cccc(O)c1. The molecule has 1 aliphatic rings. The summed E-state index contributed by atoms with van der Waals surface area (Å²) in [6.07, 6.45) is 7.11. The number of nitrogens with two attached hydrogens (primary N) is 1. The maximum atomic E-state index is 11.6. The summed E-state index contributed by atoms with van der Waals surface area (Å²) in [7, 11) is 0. The average Bonchev–Trinajstić information content (AvgIpc) is 2.64. The number of hydrogen-bond donors (Lipinski definition) is 3. The van der Waals surface area contributed by atoms with Crippen LogP contribution < -0.4 is 11.1 Å².